The number of ether oxygens (including phenoxy) is 1. The summed E-state index contributed by atoms with van der Waals surface area (Å²) in [6, 6.07) is 15.9. The van der Waals surface area contributed by atoms with Crippen molar-refractivity contribution in [3.63, 3.8) is 0 Å². The average molecular weight is 490 g/mol. The third kappa shape index (κ3) is 5.47. The zero-order chi connectivity index (χ0) is 22.6. The summed E-state index contributed by atoms with van der Waals surface area (Å²) in [5.41, 5.74) is 0.413. The summed E-state index contributed by atoms with van der Waals surface area (Å²) >= 11 is 7.09. The van der Waals surface area contributed by atoms with Crippen LogP contribution in [0.5, 0.6) is 5.75 Å². The maximum atomic E-state index is 12.4. The lowest BCUT2D eigenvalue weighted by Crippen LogP contribution is -2.13. The predicted octanol–water partition coefficient (Wildman–Crippen LogP) is 5.02. The Morgan fingerprint density at radius 2 is 1.94 bits per heavy atom. The highest BCUT2D eigenvalue weighted by atomic mass is 35.5. The molecule has 0 saturated heterocycles. The van der Waals surface area contributed by atoms with Gasteiger partial charge >= 0.3 is 0 Å². The van der Waals surface area contributed by atoms with Gasteiger partial charge in [-0.05, 0) is 54.6 Å². The number of hydrogen-bond donors (Lipinski definition) is 2. The zero-order valence-electron chi connectivity index (χ0n) is 16.3. The van der Waals surface area contributed by atoms with Gasteiger partial charge in [-0.25, -0.2) is 13.4 Å². The highest BCUT2D eigenvalue weighted by Gasteiger charge is 2.16. The van der Waals surface area contributed by atoms with Crippen LogP contribution in [0.25, 0.3) is 0 Å². The van der Waals surface area contributed by atoms with E-state index in [4.69, 9.17) is 20.8 Å². The second-order valence-electron chi connectivity index (χ2n) is 6.43. The van der Waals surface area contributed by atoms with Crippen molar-refractivity contribution in [2.45, 2.75) is 11.5 Å². The van der Waals surface area contributed by atoms with Crippen molar-refractivity contribution in [2.24, 2.45) is 0 Å². The van der Waals surface area contributed by atoms with Gasteiger partial charge in [0.25, 0.3) is 15.9 Å². The molecule has 0 fully saturated rings. The van der Waals surface area contributed by atoms with Crippen molar-refractivity contribution in [2.75, 3.05) is 10.0 Å². The van der Waals surface area contributed by atoms with Crippen LogP contribution in [0.2, 0.25) is 5.02 Å². The van der Waals surface area contributed by atoms with Crippen LogP contribution in [0, 0.1) is 0 Å². The summed E-state index contributed by atoms with van der Waals surface area (Å²) in [6.07, 6.45) is 1.50. The molecule has 2 heterocycles. The summed E-state index contributed by atoms with van der Waals surface area (Å²) in [6.45, 7) is 0.131. The molecule has 0 aliphatic carbocycles. The normalized spacial score (nSPS) is 11.2. The van der Waals surface area contributed by atoms with E-state index in [9.17, 15) is 13.2 Å². The molecule has 0 radical (unpaired) electrons. The van der Waals surface area contributed by atoms with Crippen molar-refractivity contribution in [3.8, 4) is 5.75 Å². The number of nitrogens with zero attached hydrogens (tertiary/aromatic N) is 1. The molecule has 164 valence electrons. The summed E-state index contributed by atoms with van der Waals surface area (Å²) < 4.78 is 38.3. The highest BCUT2D eigenvalue weighted by Crippen LogP contribution is 2.21. The number of rotatable bonds is 8. The predicted molar refractivity (Wildman–Crippen MR) is 122 cm³/mol. The summed E-state index contributed by atoms with van der Waals surface area (Å²) in [5, 5.41) is 5.16. The van der Waals surface area contributed by atoms with E-state index in [2.05, 4.69) is 15.0 Å². The highest BCUT2D eigenvalue weighted by molar-refractivity contribution is 7.93. The molecule has 4 rings (SSSR count). The standard InChI is InChI=1S/C21H16ClN3O5S2/c22-14-2-1-3-16(12-14)29-13-17-6-9-19(30-17)20(26)24-15-4-7-18(8-5-15)32(27,28)25-21-23-10-11-31-21/h1-12H,13H2,(H,23,25)(H,24,26). The Balaban J connectivity index is 1.36. The van der Waals surface area contributed by atoms with Crippen LogP contribution in [0.15, 0.2) is 81.6 Å². The van der Waals surface area contributed by atoms with E-state index >= 15 is 0 Å². The number of benzene rings is 2. The molecule has 0 aliphatic heterocycles. The third-order valence-electron chi connectivity index (χ3n) is 4.14. The van der Waals surface area contributed by atoms with Gasteiger partial charge in [0.1, 0.15) is 18.1 Å². The Kier molecular flexibility index (Phi) is 6.45. The fourth-order valence-electron chi connectivity index (χ4n) is 2.65. The van der Waals surface area contributed by atoms with Crippen LogP contribution < -0.4 is 14.8 Å². The van der Waals surface area contributed by atoms with Crippen LogP contribution in [-0.2, 0) is 16.6 Å². The van der Waals surface area contributed by atoms with E-state index in [1.54, 1.807) is 35.7 Å². The van der Waals surface area contributed by atoms with Crippen LogP contribution in [0.1, 0.15) is 16.3 Å². The van der Waals surface area contributed by atoms with Gasteiger partial charge in [0, 0.05) is 22.3 Å². The number of carbonyl (C=O) groups is 1. The van der Waals surface area contributed by atoms with E-state index in [1.165, 1.54) is 47.9 Å². The first-order valence-corrected chi connectivity index (χ1v) is 11.9. The Bertz CT molecular complexity index is 1320. The molecule has 32 heavy (non-hydrogen) atoms. The Hall–Kier alpha value is -3.34. The lowest BCUT2D eigenvalue weighted by molar-refractivity contribution is 0.0992. The largest absolute Gasteiger partial charge is 0.486 e. The van der Waals surface area contributed by atoms with Gasteiger partial charge in [-0.1, -0.05) is 17.7 Å². The number of aromatic nitrogens is 1. The number of sulfonamides is 1. The van der Waals surface area contributed by atoms with Gasteiger partial charge in [-0.2, -0.15) is 0 Å². The molecular formula is C21H16ClN3O5S2. The molecule has 2 aromatic heterocycles. The van der Waals surface area contributed by atoms with Crippen LogP contribution in [-0.4, -0.2) is 19.3 Å². The van der Waals surface area contributed by atoms with Crippen molar-refractivity contribution in [1.82, 2.24) is 4.98 Å². The van der Waals surface area contributed by atoms with Crippen molar-refractivity contribution < 1.29 is 22.4 Å². The van der Waals surface area contributed by atoms with Crippen LogP contribution in [0.3, 0.4) is 0 Å². The van der Waals surface area contributed by atoms with E-state index in [1.807, 2.05) is 0 Å². The van der Waals surface area contributed by atoms with E-state index < -0.39 is 15.9 Å². The van der Waals surface area contributed by atoms with Crippen molar-refractivity contribution >= 4 is 49.7 Å². The van der Waals surface area contributed by atoms with Crippen LogP contribution >= 0.6 is 22.9 Å². The van der Waals surface area contributed by atoms with Gasteiger partial charge in [-0.15, -0.1) is 11.3 Å². The number of nitrogens with one attached hydrogen (secondary N) is 2. The number of hydrogen-bond acceptors (Lipinski definition) is 7. The third-order valence-corrected chi connectivity index (χ3v) is 6.55. The van der Waals surface area contributed by atoms with Crippen LogP contribution in [0.4, 0.5) is 10.8 Å². The number of halogens is 1. The van der Waals surface area contributed by atoms with E-state index in [0.29, 0.717) is 22.2 Å². The quantitative estimate of drug-likeness (QED) is 0.359. The minimum absolute atomic E-state index is 0.0455. The van der Waals surface area contributed by atoms with E-state index in [-0.39, 0.29) is 22.4 Å². The SMILES string of the molecule is O=C(Nc1ccc(S(=O)(=O)Nc2nccs2)cc1)c1ccc(COc2cccc(Cl)c2)o1. The Morgan fingerprint density at radius 3 is 2.66 bits per heavy atom. The first-order valence-electron chi connectivity index (χ1n) is 9.20. The summed E-state index contributed by atoms with van der Waals surface area (Å²) in [7, 11) is -3.76. The fraction of sp³-hybridized carbons (Fsp3) is 0.0476. The summed E-state index contributed by atoms with van der Waals surface area (Å²) in [4.78, 5) is 16.4. The lowest BCUT2D eigenvalue weighted by atomic mass is 10.3. The van der Waals surface area contributed by atoms with Gasteiger partial charge in [0.15, 0.2) is 10.9 Å². The molecule has 8 nitrogen and oxygen atoms in total. The maximum absolute atomic E-state index is 12.4. The van der Waals surface area contributed by atoms with Crippen molar-refractivity contribution in [1.29, 1.82) is 0 Å². The Labute approximate surface area is 192 Å². The average Bonchev–Trinajstić information content (AvgIpc) is 3.44. The molecule has 2 N–H and O–H groups in total. The lowest BCUT2D eigenvalue weighted by Gasteiger charge is -2.07. The molecule has 0 bridgehead atoms. The summed E-state index contributed by atoms with van der Waals surface area (Å²) in [5.74, 6) is 0.663. The van der Waals surface area contributed by atoms with Crippen molar-refractivity contribution in [3.05, 3.63) is 88.8 Å². The van der Waals surface area contributed by atoms with Gasteiger partial charge in [0.05, 0.1) is 4.90 Å². The first kappa shape index (κ1) is 21.9. The smallest absolute Gasteiger partial charge is 0.291 e. The van der Waals surface area contributed by atoms with Gasteiger partial charge in [-0.3, -0.25) is 9.52 Å². The fourth-order valence-corrected chi connectivity index (χ4v) is 4.62. The topological polar surface area (TPSA) is 111 Å². The molecule has 2 aromatic carbocycles. The number of thiazole rings is 1. The molecule has 0 spiro atoms. The van der Waals surface area contributed by atoms with E-state index in [0.717, 1.165) is 0 Å². The second kappa shape index (κ2) is 9.43. The minimum Gasteiger partial charge on any atom is -0.486 e. The number of anilines is 2. The first-order chi connectivity index (χ1) is 15.4. The molecule has 1 amide bonds. The zero-order valence-corrected chi connectivity index (χ0v) is 18.7. The molecule has 4 aromatic rings. The number of carbonyl (C=O) groups excluding carboxylic acids is 1. The minimum atomic E-state index is -3.76. The molecule has 0 saturated carbocycles. The molecule has 0 unspecified atom stereocenters. The molecule has 11 heteroatoms. The Morgan fingerprint density at radius 1 is 1.12 bits per heavy atom. The van der Waals surface area contributed by atoms with Gasteiger partial charge in [0.2, 0.25) is 0 Å². The number of furan rings is 1. The maximum Gasteiger partial charge on any atom is 0.291 e. The monoisotopic (exact) mass is 489 g/mol. The number of amides is 1. The van der Waals surface area contributed by atoms with Gasteiger partial charge < -0.3 is 14.5 Å². The molecule has 0 atom stereocenters. The second-order valence-corrected chi connectivity index (χ2v) is 9.45. The molecule has 0 aliphatic rings. The molecular weight excluding hydrogens is 474 g/mol.